The van der Waals surface area contributed by atoms with Crippen LogP contribution in [0.15, 0.2) is 48.5 Å². The highest BCUT2D eigenvalue weighted by atomic mass is 16.5. The molecule has 0 spiro atoms. The minimum absolute atomic E-state index is 0.137. The molecule has 1 amide bonds. The number of benzene rings is 2. The van der Waals surface area contributed by atoms with E-state index in [0.717, 1.165) is 41.4 Å². The van der Waals surface area contributed by atoms with Gasteiger partial charge < -0.3 is 14.5 Å². The molecule has 0 saturated carbocycles. The Morgan fingerprint density at radius 3 is 2.28 bits per heavy atom. The highest BCUT2D eigenvalue weighted by Gasteiger charge is 2.23. The molecular formula is C23H26N4O2. The fourth-order valence-corrected chi connectivity index (χ4v) is 3.59. The van der Waals surface area contributed by atoms with Crippen LogP contribution in [0.2, 0.25) is 0 Å². The maximum atomic E-state index is 12.5. The van der Waals surface area contributed by atoms with Crippen LogP contribution in [-0.2, 0) is 4.79 Å². The van der Waals surface area contributed by atoms with Crippen molar-refractivity contribution in [2.75, 3.05) is 37.7 Å². The number of anilines is 1. The van der Waals surface area contributed by atoms with Crippen molar-refractivity contribution in [3.63, 3.8) is 0 Å². The molecule has 0 unspecified atom stereocenters. The molecule has 1 aliphatic rings. The van der Waals surface area contributed by atoms with E-state index in [1.807, 2.05) is 67.3 Å². The number of fused-ring (bicyclic) bond motifs is 1. The standard InChI is InChI=1S/C23H26N4O2/c1-17-7-9-19(10-8-17)29-16-11-22(28)26-12-14-27(15-13-26)23-18(2)24-20-5-3-4-6-21(20)25-23/h3-10H,11-16H2,1-2H3. The largest absolute Gasteiger partial charge is 0.493 e. The normalized spacial score (nSPS) is 14.3. The summed E-state index contributed by atoms with van der Waals surface area (Å²) in [5.41, 5.74) is 3.93. The number of hydrogen-bond acceptors (Lipinski definition) is 5. The summed E-state index contributed by atoms with van der Waals surface area (Å²) in [6.07, 6.45) is 0.392. The molecule has 6 heteroatoms. The number of nitrogens with zero attached hydrogens (tertiary/aromatic N) is 4. The third kappa shape index (κ3) is 4.47. The predicted molar refractivity (Wildman–Crippen MR) is 114 cm³/mol. The van der Waals surface area contributed by atoms with Gasteiger partial charge in [0, 0.05) is 26.2 Å². The van der Waals surface area contributed by atoms with Gasteiger partial charge in [0.25, 0.3) is 0 Å². The molecule has 29 heavy (non-hydrogen) atoms. The maximum Gasteiger partial charge on any atom is 0.226 e. The van der Waals surface area contributed by atoms with Gasteiger partial charge in [0.05, 0.1) is 29.8 Å². The van der Waals surface area contributed by atoms with Crippen molar-refractivity contribution in [2.24, 2.45) is 0 Å². The van der Waals surface area contributed by atoms with E-state index >= 15 is 0 Å². The zero-order chi connectivity index (χ0) is 20.2. The topological polar surface area (TPSA) is 58.6 Å². The lowest BCUT2D eigenvalue weighted by Crippen LogP contribution is -2.49. The van der Waals surface area contributed by atoms with E-state index < -0.39 is 0 Å². The molecule has 6 nitrogen and oxygen atoms in total. The van der Waals surface area contributed by atoms with Gasteiger partial charge in [-0.1, -0.05) is 29.8 Å². The lowest BCUT2D eigenvalue weighted by Gasteiger charge is -2.36. The number of ether oxygens (including phenoxy) is 1. The summed E-state index contributed by atoms with van der Waals surface area (Å²) < 4.78 is 5.69. The van der Waals surface area contributed by atoms with Crippen LogP contribution in [0, 0.1) is 13.8 Å². The van der Waals surface area contributed by atoms with E-state index in [9.17, 15) is 4.79 Å². The van der Waals surface area contributed by atoms with Gasteiger partial charge in [-0.25, -0.2) is 9.97 Å². The third-order valence-electron chi connectivity index (χ3n) is 5.26. The summed E-state index contributed by atoms with van der Waals surface area (Å²) in [6.45, 7) is 7.34. The molecule has 4 rings (SSSR count). The average molecular weight is 390 g/mol. The maximum absolute atomic E-state index is 12.5. The summed E-state index contributed by atoms with van der Waals surface area (Å²) in [6, 6.07) is 15.8. The van der Waals surface area contributed by atoms with E-state index in [2.05, 4.69) is 9.88 Å². The quantitative estimate of drug-likeness (QED) is 0.669. The smallest absolute Gasteiger partial charge is 0.226 e. The minimum Gasteiger partial charge on any atom is -0.493 e. The molecule has 0 radical (unpaired) electrons. The third-order valence-corrected chi connectivity index (χ3v) is 5.26. The monoisotopic (exact) mass is 390 g/mol. The highest BCUT2D eigenvalue weighted by Crippen LogP contribution is 2.21. The number of carbonyl (C=O) groups is 1. The Morgan fingerprint density at radius 1 is 0.931 bits per heavy atom. The Balaban J connectivity index is 1.30. The molecule has 0 bridgehead atoms. The average Bonchev–Trinajstić information content (AvgIpc) is 2.75. The molecule has 0 atom stereocenters. The van der Waals surface area contributed by atoms with Gasteiger partial charge in [-0.2, -0.15) is 0 Å². The van der Waals surface area contributed by atoms with Crippen LogP contribution in [0.5, 0.6) is 5.75 Å². The molecule has 150 valence electrons. The molecule has 1 aliphatic heterocycles. The van der Waals surface area contributed by atoms with Crippen LogP contribution >= 0.6 is 0 Å². The molecule has 1 fully saturated rings. The van der Waals surface area contributed by atoms with Gasteiger partial charge >= 0.3 is 0 Å². The number of carbonyl (C=O) groups excluding carboxylic acids is 1. The van der Waals surface area contributed by atoms with E-state index in [1.54, 1.807) is 0 Å². The van der Waals surface area contributed by atoms with Crippen LogP contribution in [0.25, 0.3) is 11.0 Å². The molecule has 1 aromatic heterocycles. The second-order valence-corrected chi connectivity index (χ2v) is 7.40. The summed E-state index contributed by atoms with van der Waals surface area (Å²) in [5, 5.41) is 0. The van der Waals surface area contributed by atoms with Gasteiger partial charge in [0.2, 0.25) is 5.91 Å². The Bertz CT molecular complexity index is 995. The van der Waals surface area contributed by atoms with Gasteiger partial charge in [0.1, 0.15) is 5.75 Å². The Kier molecular flexibility index (Phi) is 5.60. The van der Waals surface area contributed by atoms with Gasteiger partial charge in [0.15, 0.2) is 5.82 Å². The number of piperazine rings is 1. The number of para-hydroxylation sites is 2. The SMILES string of the molecule is Cc1ccc(OCCC(=O)N2CCN(c3nc4ccccc4nc3C)CC2)cc1. The summed E-state index contributed by atoms with van der Waals surface area (Å²) in [4.78, 5) is 26.1. The molecular weight excluding hydrogens is 364 g/mol. The molecule has 0 aliphatic carbocycles. The van der Waals surface area contributed by atoms with Crippen molar-refractivity contribution in [1.29, 1.82) is 0 Å². The number of hydrogen-bond donors (Lipinski definition) is 0. The fourth-order valence-electron chi connectivity index (χ4n) is 3.59. The zero-order valence-corrected chi connectivity index (χ0v) is 17.0. The van der Waals surface area contributed by atoms with Crippen molar-refractivity contribution < 1.29 is 9.53 Å². The van der Waals surface area contributed by atoms with Crippen LogP contribution in [0.4, 0.5) is 5.82 Å². The molecule has 3 aromatic rings. The fraction of sp³-hybridized carbons (Fsp3) is 0.348. The number of amides is 1. The first-order valence-corrected chi connectivity index (χ1v) is 10.1. The summed E-state index contributed by atoms with van der Waals surface area (Å²) >= 11 is 0. The van der Waals surface area contributed by atoms with Crippen LogP contribution in [-0.4, -0.2) is 53.6 Å². The molecule has 2 heterocycles. The van der Waals surface area contributed by atoms with Gasteiger partial charge in [-0.05, 0) is 38.1 Å². The molecule has 0 N–H and O–H groups in total. The van der Waals surface area contributed by atoms with Crippen molar-refractivity contribution in [2.45, 2.75) is 20.3 Å². The van der Waals surface area contributed by atoms with Crippen molar-refractivity contribution in [3.05, 3.63) is 59.8 Å². The summed E-state index contributed by atoms with van der Waals surface area (Å²) in [7, 11) is 0. The molecule has 2 aromatic carbocycles. The van der Waals surface area contributed by atoms with Crippen LogP contribution in [0.1, 0.15) is 17.7 Å². The first kappa shape index (κ1) is 19.2. The Hall–Kier alpha value is -3.15. The van der Waals surface area contributed by atoms with Gasteiger partial charge in [-0.3, -0.25) is 4.79 Å². The van der Waals surface area contributed by atoms with Crippen LogP contribution in [0.3, 0.4) is 0 Å². The Morgan fingerprint density at radius 2 is 1.59 bits per heavy atom. The number of aryl methyl sites for hydroxylation is 2. The van der Waals surface area contributed by atoms with Crippen molar-refractivity contribution >= 4 is 22.8 Å². The Labute approximate surface area is 171 Å². The lowest BCUT2D eigenvalue weighted by atomic mass is 10.2. The van der Waals surface area contributed by atoms with E-state index in [1.165, 1.54) is 5.56 Å². The predicted octanol–water partition coefficient (Wildman–Crippen LogP) is 3.36. The second kappa shape index (κ2) is 8.47. The highest BCUT2D eigenvalue weighted by molar-refractivity contribution is 5.77. The lowest BCUT2D eigenvalue weighted by molar-refractivity contribution is -0.132. The van der Waals surface area contributed by atoms with Gasteiger partial charge in [-0.15, -0.1) is 0 Å². The first-order valence-electron chi connectivity index (χ1n) is 10.1. The number of aromatic nitrogens is 2. The molecule has 1 saturated heterocycles. The number of rotatable bonds is 5. The first-order chi connectivity index (χ1) is 14.1. The minimum atomic E-state index is 0.137. The summed E-state index contributed by atoms with van der Waals surface area (Å²) in [5.74, 6) is 1.86. The zero-order valence-electron chi connectivity index (χ0n) is 17.0. The second-order valence-electron chi connectivity index (χ2n) is 7.40. The van der Waals surface area contributed by atoms with E-state index in [4.69, 9.17) is 9.72 Å². The van der Waals surface area contributed by atoms with Crippen molar-refractivity contribution in [3.8, 4) is 5.75 Å². The van der Waals surface area contributed by atoms with Crippen LogP contribution < -0.4 is 9.64 Å². The van der Waals surface area contributed by atoms with E-state index in [0.29, 0.717) is 26.1 Å². The van der Waals surface area contributed by atoms with Crippen molar-refractivity contribution in [1.82, 2.24) is 14.9 Å². The van der Waals surface area contributed by atoms with E-state index in [-0.39, 0.29) is 5.91 Å².